The number of hydrogen-bond acceptors (Lipinski definition) is 3. The van der Waals surface area contributed by atoms with Crippen LogP contribution in [-0.2, 0) is 11.8 Å². The van der Waals surface area contributed by atoms with Gasteiger partial charge in [-0.25, -0.2) is 9.37 Å². The van der Waals surface area contributed by atoms with Gasteiger partial charge < -0.3 is 9.67 Å². The summed E-state index contributed by atoms with van der Waals surface area (Å²) in [6, 6.07) is 6.09. The first-order valence-electron chi connectivity index (χ1n) is 5.20. The molecule has 0 aliphatic carbocycles. The van der Waals surface area contributed by atoms with E-state index in [-0.39, 0.29) is 11.6 Å². The lowest BCUT2D eigenvalue weighted by Crippen LogP contribution is -2.00. The molecule has 0 atom stereocenters. The van der Waals surface area contributed by atoms with E-state index < -0.39 is 5.97 Å². The molecule has 6 heteroatoms. The van der Waals surface area contributed by atoms with Crippen molar-refractivity contribution in [3.05, 3.63) is 36.3 Å². The number of imidazole rings is 1. The maximum Gasteiger partial charge on any atom is 0.313 e. The van der Waals surface area contributed by atoms with Gasteiger partial charge in [0.25, 0.3) is 0 Å². The summed E-state index contributed by atoms with van der Waals surface area (Å²) in [6.07, 6.45) is 1.65. The minimum absolute atomic E-state index is 0.0340. The number of rotatable bonds is 4. The molecule has 94 valence electrons. The fourth-order valence-electron chi connectivity index (χ4n) is 1.54. The first kappa shape index (κ1) is 12.6. The molecule has 0 radical (unpaired) electrons. The molecule has 2 aromatic rings. The van der Waals surface area contributed by atoms with Crippen LogP contribution in [-0.4, -0.2) is 26.4 Å². The minimum atomic E-state index is -0.883. The molecule has 2 rings (SSSR count). The lowest BCUT2D eigenvalue weighted by Gasteiger charge is -2.04. The zero-order valence-corrected chi connectivity index (χ0v) is 10.4. The van der Waals surface area contributed by atoms with Crippen molar-refractivity contribution in [2.45, 2.75) is 5.16 Å². The molecule has 0 unspecified atom stereocenters. The summed E-state index contributed by atoms with van der Waals surface area (Å²) in [4.78, 5) is 14.7. The van der Waals surface area contributed by atoms with E-state index in [1.165, 1.54) is 12.1 Å². The molecule has 1 heterocycles. The summed E-state index contributed by atoms with van der Waals surface area (Å²) in [5.74, 6) is -1.21. The highest BCUT2D eigenvalue weighted by Crippen LogP contribution is 2.24. The predicted octanol–water partition coefficient (Wildman–Crippen LogP) is 2.40. The van der Waals surface area contributed by atoms with Gasteiger partial charge in [-0.15, -0.1) is 0 Å². The van der Waals surface area contributed by atoms with Crippen molar-refractivity contribution in [2.75, 3.05) is 5.75 Å². The molecular weight excluding hydrogens is 255 g/mol. The number of aliphatic carboxylic acids is 1. The predicted molar refractivity (Wildman–Crippen MR) is 67.0 cm³/mol. The summed E-state index contributed by atoms with van der Waals surface area (Å²) in [5.41, 5.74) is 1.66. The Morgan fingerprint density at radius 1 is 1.44 bits per heavy atom. The van der Waals surface area contributed by atoms with Crippen molar-refractivity contribution in [3.8, 4) is 11.3 Å². The van der Waals surface area contributed by atoms with Gasteiger partial charge in [-0.2, -0.15) is 0 Å². The van der Waals surface area contributed by atoms with Gasteiger partial charge in [0.2, 0.25) is 0 Å². The number of carboxylic acids is 1. The average Bonchev–Trinajstić information content (AvgIpc) is 2.69. The summed E-state index contributed by atoms with van der Waals surface area (Å²) in [7, 11) is 1.80. The highest BCUT2D eigenvalue weighted by Gasteiger charge is 2.10. The summed E-state index contributed by atoms with van der Waals surface area (Å²) in [6.45, 7) is 0. The zero-order chi connectivity index (χ0) is 13.1. The Labute approximate surface area is 107 Å². The van der Waals surface area contributed by atoms with E-state index in [2.05, 4.69) is 4.98 Å². The van der Waals surface area contributed by atoms with Gasteiger partial charge in [0.15, 0.2) is 5.16 Å². The van der Waals surface area contributed by atoms with Crippen LogP contribution in [0.3, 0.4) is 0 Å². The molecule has 0 amide bonds. The number of halogens is 1. The third-order valence-corrected chi connectivity index (χ3v) is 3.44. The van der Waals surface area contributed by atoms with Crippen LogP contribution in [0.5, 0.6) is 0 Å². The second-order valence-corrected chi connectivity index (χ2v) is 4.62. The molecule has 0 aliphatic rings. The summed E-state index contributed by atoms with van der Waals surface area (Å²) in [5, 5.41) is 9.24. The molecule has 0 aliphatic heterocycles. The van der Waals surface area contributed by atoms with Gasteiger partial charge in [0, 0.05) is 7.05 Å². The van der Waals surface area contributed by atoms with Gasteiger partial charge in [-0.05, 0) is 29.8 Å². The lowest BCUT2D eigenvalue weighted by molar-refractivity contribution is -0.133. The van der Waals surface area contributed by atoms with Crippen LogP contribution in [0.4, 0.5) is 4.39 Å². The lowest BCUT2D eigenvalue weighted by atomic mass is 10.2. The Bertz CT molecular complexity index is 566. The third-order valence-electron chi connectivity index (χ3n) is 2.41. The van der Waals surface area contributed by atoms with Crippen LogP contribution >= 0.6 is 11.8 Å². The largest absolute Gasteiger partial charge is 0.481 e. The molecule has 1 N–H and O–H groups in total. The monoisotopic (exact) mass is 266 g/mol. The van der Waals surface area contributed by atoms with Gasteiger partial charge in [0.05, 0.1) is 17.6 Å². The summed E-state index contributed by atoms with van der Waals surface area (Å²) >= 11 is 1.15. The molecule has 0 spiro atoms. The third kappa shape index (κ3) is 2.70. The van der Waals surface area contributed by atoms with Crippen molar-refractivity contribution in [1.29, 1.82) is 0 Å². The molecule has 0 fully saturated rings. The van der Waals surface area contributed by atoms with Crippen LogP contribution in [0.15, 0.2) is 35.6 Å². The topological polar surface area (TPSA) is 55.1 Å². The van der Waals surface area contributed by atoms with E-state index >= 15 is 0 Å². The van der Waals surface area contributed by atoms with Gasteiger partial charge in [0.1, 0.15) is 5.82 Å². The van der Waals surface area contributed by atoms with Crippen LogP contribution in [0, 0.1) is 5.82 Å². The second kappa shape index (κ2) is 5.22. The first-order valence-corrected chi connectivity index (χ1v) is 6.18. The van der Waals surface area contributed by atoms with Gasteiger partial charge in [-0.1, -0.05) is 11.8 Å². The number of thioether (sulfide) groups is 1. The number of carbonyl (C=O) groups is 1. The highest BCUT2D eigenvalue weighted by molar-refractivity contribution is 7.99. The van der Waals surface area contributed by atoms with Crippen molar-refractivity contribution in [1.82, 2.24) is 9.55 Å². The molecule has 4 nitrogen and oxygen atoms in total. The van der Waals surface area contributed by atoms with Gasteiger partial charge in [-0.3, -0.25) is 4.79 Å². The smallest absolute Gasteiger partial charge is 0.313 e. The van der Waals surface area contributed by atoms with E-state index in [1.54, 1.807) is 29.9 Å². The molecule has 1 aromatic heterocycles. The highest BCUT2D eigenvalue weighted by atomic mass is 32.2. The Hall–Kier alpha value is -1.82. The Morgan fingerprint density at radius 3 is 2.72 bits per heavy atom. The Balaban J connectivity index is 2.25. The van der Waals surface area contributed by atoms with E-state index in [0.29, 0.717) is 5.16 Å². The normalized spacial score (nSPS) is 10.6. The molecule has 1 aromatic carbocycles. The molecule has 0 saturated heterocycles. The average molecular weight is 266 g/mol. The number of carboxylic acid groups (broad SMARTS) is 1. The van der Waals surface area contributed by atoms with Crippen molar-refractivity contribution in [2.24, 2.45) is 7.05 Å². The zero-order valence-electron chi connectivity index (χ0n) is 9.63. The van der Waals surface area contributed by atoms with E-state index in [4.69, 9.17) is 5.11 Å². The van der Waals surface area contributed by atoms with E-state index in [9.17, 15) is 9.18 Å². The first-order chi connectivity index (χ1) is 8.58. The van der Waals surface area contributed by atoms with Crippen molar-refractivity contribution >= 4 is 17.7 Å². The molecule has 0 bridgehead atoms. The number of benzene rings is 1. The fourth-order valence-corrected chi connectivity index (χ4v) is 2.21. The quantitative estimate of drug-likeness (QED) is 0.863. The second-order valence-electron chi connectivity index (χ2n) is 3.67. The minimum Gasteiger partial charge on any atom is -0.481 e. The summed E-state index contributed by atoms with van der Waals surface area (Å²) < 4.78 is 14.6. The SMILES string of the molecule is Cn1c(-c2ccc(F)cc2)cnc1SCC(=O)O. The van der Waals surface area contributed by atoms with Crippen LogP contribution in [0.1, 0.15) is 0 Å². The maximum atomic E-state index is 12.8. The Morgan fingerprint density at radius 2 is 2.11 bits per heavy atom. The van der Waals surface area contributed by atoms with Gasteiger partial charge >= 0.3 is 5.97 Å². The van der Waals surface area contributed by atoms with E-state index in [0.717, 1.165) is 23.0 Å². The van der Waals surface area contributed by atoms with Crippen LogP contribution < -0.4 is 0 Å². The Kier molecular flexibility index (Phi) is 3.66. The van der Waals surface area contributed by atoms with Crippen molar-refractivity contribution in [3.63, 3.8) is 0 Å². The molecule has 18 heavy (non-hydrogen) atoms. The maximum absolute atomic E-state index is 12.8. The fraction of sp³-hybridized carbons (Fsp3) is 0.167. The van der Waals surface area contributed by atoms with Crippen molar-refractivity contribution < 1.29 is 14.3 Å². The molecule has 0 saturated carbocycles. The number of hydrogen-bond donors (Lipinski definition) is 1. The number of nitrogens with zero attached hydrogens (tertiary/aromatic N) is 2. The van der Waals surface area contributed by atoms with Crippen LogP contribution in [0.2, 0.25) is 0 Å². The standard InChI is InChI=1S/C12H11FN2O2S/c1-15-10(8-2-4-9(13)5-3-8)6-14-12(15)18-7-11(16)17/h2-6H,7H2,1H3,(H,16,17). The number of aromatic nitrogens is 2. The van der Waals surface area contributed by atoms with E-state index in [1.807, 2.05) is 0 Å². The van der Waals surface area contributed by atoms with Crippen LogP contribution in [0.25, 0.3) is 11.3 Å². The molecular formula is C12H11FN2O2S.